The van der Waals surface area contributed by atoms with Crippen molar-refractivity contribution in [3.8, 4) is 5.75 Å². The molecule has 0 amide bonds. The van der Waals surface area contributed by atoms with Gasteiger partial charge in [0.2, 0.25) is 0 Å². The van der Waals surface area contributed by atoms with E-state index in [4.69, 9.17) is 4.74 Å². The zero-order valence-electron chi connectivity index (χ0n) is 16.9. The van der Waals surface area contributed by atoms with Crippen LogP contribution in [0.15, 0.2) is 79.1 Å². The number of piperidine rings is 1. The molecule has 0 radical (unpaired) electrons. The number of aromatic nitrogens is 1. The SMILES string of the molecule is O=C(O)C1CCCCN1C(c1ccc(OCc2ccccc2)cc1)c1cccnc1. The summed E-state index contributed by atoms with van der Waals surface area (Å²) in [4.78, 5) is 18.3. The van der Waals surface area contributed by atoms with Crippen molar-refractivity contribution < 1.29 is 14.6 Å². The summed E-state index contributed by atoms with van der Waals surface area (Å²) < 4.78 is 5.92. The molecule has 2 atom stereocenters. The first-order valence-electron chi connectivity index (χ1n) is 10.4. The van der Waals surface area contributed by atoms with Crippen molar-refractivity contribution in [1.29, 1.82) is 0 Å². The summed E-state index contributed by atoms with van der Waals surface area (Å²) in [6.45, 7) is 1.27. The van der Waals surface area contributed by atoms with E-state index in [-0.39, 0.29) is 6.04 Å². The van der Waals surface area contributed by atoms with Crippen LogP contribution >= 0.6 is 0 Å². The Morgan fingerprint density at radius 1 is 1.03 bits per heavy atom. The van der Waals surface area contributed by atoms with E-state index in [9.17, 15) is 9.90 Å². The number of pyridine rings is 1. The third-order valence-electron chi connectivity index (χ3n) is 5.61. The molecule has 0 saturated carbocycles. The highest BCUT2D eigenvalue weighted by molar-refractivity contribution is 5.73. The Balaban J connectivity index is 1.58. The van der Waals surface area contributed by atoms with E-state index in [1.54, 1.807) is 6.20 Å². The van der Waals surface area contributed by atoms with Gasteiger partial charge in [0.25, 0.3) is 0 Å². The predicted molar refractivity (Wildman–Crippen MR) is 115 cm³/mol. The highest BCUT2D eigenvalue weighted by atomic mass is 16.5. The van der Waals surface area contributed by atoms with Crippen molar-refractivity contribution in [2.45, 2.75) is 38.0 Å². The highest BCUT2D eigenvalue weighted by Gasteiger charge is 2.35. The number of aliphatic carboxylic acids is 1. The maximum atomic E-state index is 11.9. The minimum absolute atomic E-state index is 0.150. The van der Waals surface area contributed by atoms with E-state index < -0.39 is 12.0 Å². The largest absolute Gasteiger partial charge is 0.489 e. The first kappa shape index (κ1) is 20.1. The average molecular weight is 402 g/mol. The van der Waals surface area contributed by atoms with Gasteiger partial charge in [-0.25, -0.2) is 0 Å². The number of carboxylic acids is 1. The Morgan fingerprint density at radius 2 is 1.83 bits per heavy atom. The molecule has 2 aromatic carbocycles. The Labute approximate surface area is 177 Å². The molecule has 30 heavy (non-hydrogen) atoms. The molecular weight excluding hydrogens is 376 g/mol. The summed E-state index contributed by atoms with van der Waals surface area (Å²) in [6.07, 6.45) is 6.19. The van der Waals surface area contributed by atoms with Gasteiger partial charge in [-0.05, 0) is 54.3 Å². The smallest absolute Gasteiger partial charge is 0.320 e. The van der Waals surface area contributed by atoms with Crippen LogP contribution in [-0.4, -0.2) is 33.5 Å². The number of nitrogens with zero attached hydrogens (tertiary/aromatic N) is 2. The fourth-order valence-electron chi connectivity index (χ4n) is 4.13. The van der Waals surface area contributed by atoms with Crippen LogP contribution in [0.1, 0.15) is 42.0 Å². The number of ether oxygens (including phenoxy) is 1. The Kier molecular flexibility index (Phi) is 6.40. The molecule has 4 rings (SSSR count). The van der Waals surface area contributed by atoms with Crippen LogP contribution in [0.3, 0.4) is 0 Å². The van der Waals surface area contributed by atoms with Crippen LogP contribution < -0.4 is 4.74 Å². The van der Waals surface area contributed by atoms with Crippen molar-refractivity contribution in [3.05, 3.63) is 95.8 Å². The Bertz CT molecular complexity index is 945. The minimum Gasteiger partial charge on any atom is -0.489 e. The van der Waals surface area contributed by atoms with Gasteiger partial charge >= 0.3 is 5.97 Å². The molecule has 1 aromatic heterocycles. The molecule has 0 aliphatic carbocycles. The molecular formula is C25H26N2O3. The van der Waals surface area contributed by atoms with Crippen LogP contribution in [0.2, 0.25) is 0 Å². The number of hydrogen-bond acceptors (Lipinski definition) is 4. The predicted octanol–water partition coefficient (Wildman–Crippen LogP) is 4.69. The lowest BCUT2D eigenvalue weighted by molar-refractivity contribution is -0.145. The summed E-state index contributed by atoms with van der Waals surface area (Å²) >= 11 is 0. The van der Waals surface area contributed by atoms with Gasteiger partial charge in [0.1, 0.15) is 18.4 Å². The lowest BCUT2D eigenvalue weighted by Gasteiger charge is -2.39. The van der Waals surface area contributed by atoms with E-state index in [1.807, 2.05) is 72.9 Å². The molecule has 5 nitrogen and oxygen atoms in total. The fourth-order valence-corrected chi connectivity index (χ4v) is 4.13. The molecule has 154 valence electrons. The monoisotopic (exact) mass is 402 g/mol. The highest BCUT2D eigenvalue weighted by Crippen LogP contribution is 2.34. The summed E-state index contributed by atoms with van der Waals surface area (Å²) in [7, 11) is 0. The third kappa shape index (κ3) is 4.69. The first-order chi connectivity index (χ1) is 14.7. The van der Waals surface area contributed by atoms with Crippen molar-refractivity contribution in [2.75, 3.05) is 6.54 Å². The van der Waals surface area contributed by atoms with Gasteiger partial charge in [0.15, 0.2) is 0 Å². The second-order valence-electron chi connectivity index (χ2n) is 7.62. The summed E-state index contributed by atoms with van der Waals surface area (Å²) in [6, 6.07) is 21.3. The molecule has 1 N–H and O–H groups in total. The third-order valence-corrected chi connectivity index (χ3v) is 5.61. The van der Waals surface area contributed by atoms with Crippen LogP contribution in [-0.2, 0) is 11.4 Å². The lowest BCUT2D eigenvalue weighted by Crippen LogP contribution is -2.46. The van der Waals surface area contributed by atoms with Crippen molar-refractivity contribution in [2.24, 2.45) is 0 Å². The maximum Gasteiger partial charge on any atom is 0.320 e. The second-order valence-corrected chi connectivity index (χ2v) is 7.62. The van der Waals surface area contributed by atoms with E-state index in [0.29, 0.717) is 13.0 Å². The molecule has 0 spiro atoms. The molecule has 5 heteroatoms. The summed E-state index contributed by atoms with van der Waals surface area (Å²) in [5.74, 6) is 0.0346. The number of carboxylic acid groups (broad SMARTS) is 1. The van der Waals surface area contributed by atoms with Crippen LogP contribution in [0.5, 0.6) is 5.75 Å². The van der Waals surface area contributed by atoms with E-state index in [1.165, 1.54) is 0 Å². The quantitative estimate of drug-likeness (QED) is 0.621. The van der Waals surface area contributed by atoms with Crippen LogP contribution in [0.4, 0.5) is 0 Å². The average Bonchev–Trinajstić information content (AvgIpc) is 2.80. The number of hydrogen-bond donors (Lipinski definition) is 1. The number of carbonyl (C=O) groups is 1. The van der Waals surface area contributed by atoms with Gasteiger partial charge in [-0.3, -0.25) is 14.7 Å². The molecule has 1 fully saturated rings. The second kappa shape index (κ2) is 9.55. The first-order valence-corrected chi connectivity index (χ1v) is 10.4. The minimum atomic E-state index is -0.758. The topological polar surface area (TPSA) is 62.7 Å². The number of likely N-dealkylation sites (tertiary alicyclic amines) is 1. The summed E-state index contributed by atoms with van der Waals surface area (Å²) in [5, 5.41) is 9.80. The molecule has 1 aliphatic heterocycles. The molecule has 2 heterocycles. The van der Waals surface area contributed by atoms with Crippen molar-refractivity contribution in [3.63, 3.8) is 0 Å². The van der Waals surface area contributed by atoms with Gasteiger partial charge in [0, 0.05) is 12.4 Å². The zero-order chi connectivity index (χ0) is 20.8. The van der Waals surface area contributed by atoms with Gasteiger partial charge in [-0.15, -0.1) is 0 Å². The Morgan fingerprint density at radius 3 is 2.53 bits per heavy atom. The van der Waals surface area contributed by atoms with Crippen LogP contribution in [0, 0.1) is 0 Å². The lowest BCUT2D eigenvalue weighted by atomic mass is 9.92. The molecule has 2 unspecified atom stereocenters. The Hall–Kier alpha value is -3.18. The van der Waals surface area contributed by atoms with Gasteiger partial charge in [-0.1, -0.05) is 55.0 Å². The van der Waals surface area contributed by atoms with E-state index in [0.717, 1.165) is 41.8 Å². The van der Waals surface area contributed by atoms with Crippen LogP contribution in [0.25, 0.3) is 0 Å². The standard InChI is InChI=1S/C25H26N2O3/c28-25(29)23-10-4-5-16-27(23)24(21-9-6-15-26-17-21)20-11-13-22(14-12-20)30-18-19-7-2-1-3-8-19/h1-3,6-9,11-15,17,23-24H,4-5,10,16,18H2,(H,28,29). The molecule has 0 bridgehead atoms. The van der Waals surface area contributed by atoms with Crippen molar-refractivity contribution in [1.82, 2.24) is 9.88 Å². The van der Waals surface area contributed by atoms with Gasteiger partial charge in [-0.2, -0.15) is 0 Å². The fraction of sp³-hybridized carbons (Fsp3) is 0.280. The van der Waals surface area contributed by atoms with E-state index in [2.05, 4.69) is 9.88 Å². The zero-order valence-corrected chi connectivity index (χ0v) is 16.9. The molecule has 1 aliphatic rings. The normalized spacial score (nSPS) is 17.9. The van der Waals surface area contributed by atoms with Gasteiger partial charge < -0.3 is 9.84 Å². The van der Waals surface area contributed by atoms with Gasteiger partial charge in [0.05, 0.1) is 6.04 Å². The number of benzene rings is 2. The molecule has 3 aromatic rings. The van der Waals surface area contributed by atoms with Crippen molar-refractivity contribution >= 4 is 5.97 Å². The number of rotatable bonds is 7. The maximum absolute atomic E-state index is 11.9. The summed E-state index contributed by atoms with van der Waals surface area (Å²) in [5.41, 5.74) is 3.17. The van der Waals surface area contributed by atoms with E-state index >= 15 is 0 Å². The molecule has 1 saturated heterocycles.